The normalized spacial score (nSPS) is 24.4. The minimum atomic E-state index is 0.241. The average Bonchev–Trinajstić information content (AvgIpc) is 2.37. The van der Waals surface area contributed by atoms with E-state index in [4.69, 9.17) is 11.6 Å². The minimum Gasteiger partial charge on any atom is -0.310 e. The van der Waals surface area contributed by atoms with Gasteiger partial charge in [-0.3, -0.25) is 0 Å². The van der Waals surface area contributed by atoms with Gasteiger partial charge in [0, 0.05) is 18.0 Å². The molecule has 0 spiro atoms. The van der Waals surface area contributed by atoms with Gasteiger partial charge in [-0.15, -0.1) is 11.6 Å². The molecule has 1 nitrogen and oxygen atoms in total. The maximum absolute atomic E-state index is 6.13. The molecule has 0 atom stereocenters. The zero-order chi connectivity index (χ0) is 13.9. The second kappa shape index (κ2) is 6.28. The SMILES string of the molecule is CC(C)(C)c1ccc(CNC2CCC(Cl)CC2)cc1. The number of hydrogen-bond donors (Lipinski definition) is 1. The van der Waals surface area contributed by atoms with E-state index in [9.17, 15) is 0 Å². The van der Waals surface area contributed by atoms with E-state index in [1.54, 1.807) is 0 Å². The largest absolute Gasteiger partial charge is 0.310 e. The van der Waals surface area contributed by atoms with E-state index in [2.05, 4.69) is 50.4 Å². The highest BCUT2D eigenvalue weighted by Gasteiger charge is 2.18. The van der Waals surface area contributed by atoms with Crippen molar-refractivity contribution >= 4 is 11.6 Å². The van der Waals surface area contributed by atoms with Crippen molar-refractivity contribution in [3.8, 4) is 0 Å². The van der Waals surface area contributed by atoms with Crippen LogP contribution in [-0.4, -0.2) is 11.4 Å². The molecular formula is C17H26ClN. The molecule has 1 fully saturated rings. The summed E-state index contributed by atoms with van der Waals surface area (Å²) >= 11 is 6.13. The van der Waals surface area contributed by atoms with Gasteiger partial charge in [-0.1, -0.05) is 45.0 Å². The van der Waals surface area contributed by atoms with Gasteiger partial charge in [0.1, 0.15) is 0 Å². The second-order valence-electron chi connectivity index (χ2n) is 6.78. The number of hydrogen-bond acceptors (Lipinski definition) is 1. The number of benzene rings is 1. The van der Waals surface area contributed by atoms with Crippen LogP contribution < -0.4 is 5.32 Å². The van der Waals surface area contributed by atoms with E-state index in [0.717, 1.165) is 19.4 Å². The van der Waals surface area contributed by atoms with Crippen LogP contribution in [0.25, 0.3) is 0 Å². The van der Waals surface area contributed by atoms with Crippen molar-refractivity contribution in [2.45, 2.75) is 69.8 Å². The Hall–Kier alpha value is -0.530. The maximum atomic E-state index is 6.13. The van der Waals surface area contributed by atoms with Gasteiger partial charge in [0.05, 0.1) is 0 Å². The van der Waals surface area contributed by atoms with Gasteiger partial charge in [-0.2, -0.15) is 0 Å². The fourth-order valence-corrected chi connectivity index (χ4v) is 2.89. The van der Waals surface area contributed by atoms with E-state index < -0.39 is 0 Å². The molecule has 1 aromatic carbocycles. The highest BCUT2D eigenvalue weighted by Crippen LogP contribution is 2.24. The first kappa shape index (κ1) is 14.9. The second-order valence-corrected chi connectivity index (χ2v) is 7.39. The molecule has 1 aliphatic rings. The molecule has 0 heterocycles. The topological polar surface area (TPSA) is 12.0 Å². The Labute approximate surface area is 122 Å². The first-order chi connectivity index (χ1) is 8.95. The summed E-state index contributed by atoms with van der Waals surface area (Å²) < 4.78 is 0. The van der Waals surface area contributed by atoms with Gasteiger partial charge in [-0.25, -0.2) is 0 Å². The van der Waals surface area contributed by atoms with Gasteiger partial charge in [0.2, 0.25) is 0 Å². The minimum absolute atomic E-state index is 0.241. The summed E-state index contributed by atoms with van der Waals surface area (Å²) in [6, 6.07) is 9.67. The van der Waals surface area contributed by atoms with Crippen LogP contribution in [0.1, 0.15) is 57.6 Å². The van der Waals surface area contributed by atoms with Crippen molar-refractivity contribution < 1.29 is 0 Å². The molecule has 0 saturated heterocycles. The van der Waals surface area contributed by atoms with Gasteiger partial charge in [0.25, 0.3) is 0 Å². The third-order valence-corrected chi connectivity index (χ3v) is 4.51. The molecule has 19 heavy (non-hydrogen) atoms. The molecule has 0 bridgehead atoms. The van der Waals surface area contributed by atoms with Crippen LogP contribution in [-0.2, 0) is 12.0 Å². The lowest BCUT2D eigenvalue weighted by molar-refractivity contribution is 0.376. The zero-order valence-electron chi connectivity index (χ0n) is 12.4. The summed E-state index contributed by atoms with van der Waals surface area (Å²) in [5, 5.41) is 4.06. The van der Waals surface area contributed by atoms with Crippen LogP contribution >= 0.6 is 11.6 Å². The van der Waals surface area contributed by atoms with Crippen LogP contribution in [0.5, 0.6) is 0 Å². The van der Waals surface area contributed by atoms with Crippen molar-refractivity contribution in [2.24, 2.45) is 0 Å². The van der Waals surface area contributed by atoms with Crippen LogP contribution in [0.4, 0.5) is 0 Å². The van der Waals surface area contributed by atoms with Gasteiger partial charge < -0.3 is 5.32 Å². The molecule has 2 heteroatoms. The monoisotopic (exact) mass is 279 g/mol. The summed E-state index contributed by atoms with van der Waals surface area (Å²) in [5.74, 6) is 0. The number of nitrogens with one attached hydrogen (secondary N) is 1. The van der Waals surface area contributed by atoms with Crippen LogP contribution in [0.15, 0.2) is 24.3 Å². The first-order valence-corrected chi connectivity index (χ1v) is 7.85. The predicted molar refractivity (Wildman–Crippen MR) is 83.9 cm³/mol. The van der Waals surface area contributed by atoms with Crippen molar-refractivity contribution in [1.29, 1.82) is 0 Å². The molecule has 0 radical (unpaired) electrons. The lowest BCUT2D eigenvalue weighted by atomic mass is 9.86. The van der Waals surface area contributed by atoms with Crippen molar-refractivity contribution in [3.05, 3.63) is 35.4 Å². The fraction of sp³-hybridized carbons (Fsp3) is 0.647. The Bertz CT molecular complexity index is 383. The summed E-state index contributed by atoms with van der Waals surface area (Å²) in [6.45, 7) is 7.74. The van der Waals surface area contributed by atoms with Gasteiger partial charge in [0.15, 0.2) is 0 Å². The molecule has 0 amide bonds. The number of halogens is 1. The van der Waals surface area contributed by atoms with Gasteiger partial charge >= 0.3 is 0 Å². The third kappa shape index (κ3) is 4.50. The number of alkyl halides is 1. The van der Waals surface area contributed by atoms with Crippen molar-refractivity contribution in [1.82, 2.24) is 5.32 Å². The molecule has 106 valence electrons. The lowest BCUT2D eigenvalue weighted by Crippen LogP contribution is -2.32. The van der Waals surface area contributed by atoms with E-state index in [0.29, 0.717) is 11.4 Å². The van der Waals surface area contributed by atoms with E-state index in [-0.39, 0.29) is 5.41 Å². The van der Waals surface area contributed by atoms with Crippen LogP contribution in [0.3, 0.4) is 0 Å². The molecule has 1 aliphatic carbocycles. The van der Waals surface area contributed by atoms with E-state index in [1.807, 2.05) is 0 Å². The summed E-state index contributed by atoms with van der Waals surface area (Å²) in [7, 11) is 0. The summed E-state index contributed by atoms with van der Waals surface area (Å²) in [4.78, 5) is 0. The molecule has 0 unspecified atom stereocenters. The molecule has 0 aliphatic heterocycles. The third-order valence-electron chi connectivity index (χ3n) is 4.07. The Morgan fingerprint density at radius 3 is 2.16 bits per heavy atom. The molecule has 1 saturated carbocycles. The average molecular weight is 280 g/mol. The lowest BCUT2D eigenvalue weighted by Gasteiger charge is -2.26. The van der Waals surface area contributed by atoms with E-state index in [1.165, 1.54) is 24.0 Å². The van der Waals surface area contributed by atoms with Crippen molar-refractivity contribution in [2.75, 3.05) is 0 Å². The van der Waals surface area contributed by atoms with Crippen molar-refractivity contribution in [3.63, 3.8) is 0 Å². The van der Waals surface area contributed by atoms with Crippen LogP contribution in [0.2, 0.25) is 0 Å². The quantitative estimate of drug-likeness (QED) is 0.796. The Morgan fingerprint density at radius 2 is 1.63 bits per heavy atom. The highest BCUT2D eigenvalue weighted by molar-refractivity contribution is 6.20. The fourth-order valence-electron chi connectivity index (χ4n) is 2.64. The van der Waals surface area contributed by atoms with Crippen LogP contribution in [0, 0.1) is 0 Å². The van der Waals surface area contributed by atoms with E-state index >= 15 is 0 Å². The summed E-state index contributed by atoms with van der Waals surface area (Å²) in [6.07, 6.45) is 4.74. The summed E-state index contributed by atoms with van der Waals surface area (Å²) in [5.41, 5.74) is 3.02. The molecular weight excluding hydrogens is 254 g/mol. The number of rotatable bonds is 3. The highest BCUT2D eigenvalue weighted by atomic mass is 35.5. The molecule has 1 N–H and O–H groups in total. The van der Waals surface area contributed by atoms with Gasteiger partial charge in [-0.05, 0) is 42.2 Å². The standard InChI is InChI=1S/C17H26ClN/c1-17(2,3)14-6-4-13(5-7-14)12-19-16-10-8-15(18)9-11-16/h4-7,15-16,19H,8-12H2,1-3H3. The Kier molecular flexibility index (Phi) is 4.92. The zero-order valence-corrected chi connectivity index (χ0v) is 13.1. The predicted octanol–water partition coefficient (Wildman–Crippen LogP) is 4.62. The molecule has 1 aromatic rings. The maximum Gasteiger partial charge on any atom is 0.0337 e. The molecule has 0 aromatic heterocycles. The Morgan fingerprint density at radius 1 is 1.05 bits per heavy atom. The Balaban J connectivity index is 1.83. The smallest absolute Gasteiger partial charge is 0.0337 e. The molecule has 2 rings (SSSR count). The first-order valence-electron chi connectivity index (χ1n) is 7.42.